The first-order valence-corrected chi connectivity index (χ1v) is 9.41. The minimum Gasteiger partial charge on any atom is -0.457 e. The van der Waals surface area contributed by atoms with Crippen LogP contribution in [0.3, 0.4) is 0 Å². The molecule has 1 atom stereocenters. The van der Waals surface area contributed by atoms with Crippen LogP contribution in [0.1, 0.15) is 5.69 Å². The molecule has 10 heteroatoms. The maximum Gasteiger partial charge on any atom is 0.316 e. The highest BCUT2D eigenvalue weighted by atomic mass is 32.2. The summed E-state index contributed by atoms with van der Waals surface area (Å²) >= 11 is 0. The van der Waals surface area contributed by atoms with E-state index in [-0.39, 0.29) is 24.0 Å². The Balaban J connectivity index is 1.66. The second kappa shape index (κ2) is 6.81. The van der Waals surface area contributed by atoms with Gasteiger partial charge in [0.05, 0.1) is 25.3 Å². The van der Waals surface area contributed by atoms with Crippen molar-refractivity contribution in [2.75, 3.05) is 6.54 Å². The summed E-state index contributed by atoms with van der Waals surface area (Å²) in [5.41, 5.74) is 0.789. The van der Waals surface area contributed by atoms with E-state index in [2.05, 4.69) is 20.1 Å². The lowest BCUT2D eigenvalue weighted by atomic mass is 10.3. The zero-order valence-corrected chi connectivity index (χ0v) is 14.5. The zero-order chi connectivity index (χ0) is 18.0. The largest absolute Gasteiger partial charge is 0.457 e. The van der Waals surface area contributed by atoms with Gasteiger partial charge in [0, 0.05) is 31.0 Å². The Kier molecular flexibility index (Phi) is 4.35. The molecule has 0 bridgehead atoms. The Morgan fingerprint density at radius 1 is 1.04 bits per heavy atom. The number of pyridine rings is 1. The van der Waals surface area contributed by atoms with E-state index in [1.807, 2.05) is 0 Å². The highest BCUT2D eigenvalue weighted by molar-refractivity contribution is 7.89. The molecule has 4 heterocycles. The van der Waals surface area contributed by atoms with Crippen molar-refractivity contribution in [1.29, 1.82) is 0 Å². The van der Waals surface area contributed by atoms with Crippen LogP contribution in [0.2, 0.25) is 0 Å². The lowest BCUT2D eigenvalue weighted by Gasteiger charge is -2.23. The summed E-state index contributed by atoms with van der Waals surface area (Å²) in [5, 5.41) is 4.26. The van der Waals surface area contributed by atoms with E-state index in [0.717, 1.165) is 5.69 Å². The molecule has 1 aliphatic heterocycles. The molecule has 0 saturated heterocycles. The summed E-state index contributed by atoms with van der Waals surface area (Å²) in [5.74, 6) is 0. The first kappa shape index (κ1) is 16.6. The van der Waals surface area contributed by atoms with Crippen molar-refractivity contribution < 1.29 is 13.2 Å². The molecule has 0 aromatic carbocycles. The predicted octanol–water partition coefficient (Wildman–Crippen LogP) is 0.720. The summed E-state index contributed by atoms with van der Waals surface area (Å²) in [4.78, 5) is 12.2. The Morgan fingerprint density at radius 3 is 2.65 bits per heavy atom. The van der Waals surface area contributed by atoms with Crippen LogP contribution in [0.15, 0.2) is 60.1 Å². The Hall–Kier alpha value is -2.85. The summed E-state index contributed by atoms with van der Waals surface area (Å²) in [6.07, 6.45) is 7.18. The van der Waals surface area contributed by atoms with Gasteiger partial charge in [0.1, 0.15) is 11.0 Å². The van der Waals surface area contributed by atoms with Gasteiger partial charge in [-0.15, -0.1) is 0 Å². The molecular formula is C16H16N6O3S. The fourth-order valence-electron chi connectivity index (χ4n) is 2.78. The maximum absolute atomic E-state index is 13.0. The van der Waals surface area contributed by atoms with Gasteiger partial charge < -0.3 is 4.74 Å². The molecule has 3 aromatic heterocycles. The van der Waals surface area contributed by atoms with Crippen LogP contribution in [0.25, 0.3) is 0 Å². The topological polar surface area (TPSA) is 103 Å². The Bertz CT molecular complexity index is 977. The average molecular weight is 372 g/mol. The van der Waals surface area contributed by atoms with Gasteiger partial charge in [0.2, 0.25) is 10.0 Å². The fourth-order valence-corrected chi connectivity index (χ4v) is 4.19. The van der Waals surface area contributed by atoms with Crippen molar-refractivity contribution >= 4 is 10.0 Å². The van der Waals surface area contributed by atoms with Gasteiger partial charge in [0.25, 0.3) is 0 Å². The normalized spacial score (nSPS) is 18.1. The number of rotatable bonds is 4. The van der Waals surface area contributed by atoms with E-state index in [1.54, 1.807) is 41.5 Å². The van der Waals surface area contributed by atoms with Crippen molar-refractivity contribution in [3.05, 3.63) is 60.9 Å². The van der Waals surface area contributed by atoms with Gasteiger partial charge in [-0.3, -0.25) is 9.67 Å². The third kappa shape index (κ3) is 3.28. The molecule has 9 nitrogen and oxygen atoms in total. The van der Waals surface area contributed by atoms with E-state index in [0.29, 0.717) is 6.54 Å². The molecule has 0 N–H and O–H groups in total. The summed E-state index contributed by atoms with van der Waals surface area (Å²) in [6.45, 7) is 0.755. The average Bonchev–Trinajstić information content (AvgIpc) is 3.01. The molecule has 1 aliphatic rings. The number of aromatic nitrogens is 5. The maximum atomic E-state index is 13.0. The van der Waals surface area contributed by atoms with Gasteiger partial charge >= 0.3 is 6.01 Å². The lowest BCUT2D eigenvalue weighted by Crippen LogP contribution is -2.39. The van der Waals surface area contributed by atoms with E-state index in [9.17, 15) is 8.42 Å². The van der Waals surface area contributed by atoms with Crippen LogP contribution in [0.5, 0.6) is 6.01 Å². The molecular weight excluding hydrogens is 356 g/mol. The second-order valence-electron chi connectivity index (χ2n) is 5.76. The minimum absolute atomic E-state index is 0.141. The SMILES string of the molecule is O=S(=O)(c1cccnc1)N1Cc2ccnn2CC(Oc2ncccn2)C1. The van der Waals surface area contributed by atoms with Crippen molar-refractivity contribution in [2.24, 2.45) is 0 Å². The summed E-state index contributed by atoms with van der Waals surface area (Å²) in [7, 11) is -3.72. The summed E-state index contributed by atoms with van der Waals surface area (Å²) in [6, 6.07) is 6.81. The molecule has 0 spiro atoms. The molecule has 0 fully saturated rings. The number of ether oxygens (including phenoxy) is 1. The number of fused-ring (bicyclic) bond motifs is 1. The molecule has 3 aromatic rings. The lowest BCUT2D eigenvalue weighted by molar-refractivity contribution is 0.144. The number of sulfonamides is 1. The highest BCUT2D eigenvalue weighted by Gasteiger charge is 2.32. The standard InChI is InChI=1S/C16H16N6O3S/c23-26(24,15-3-1-5-17-9-15)21-10-13-4-8-20-22(13)12-14(11-21)25-16-18-6-2-7-19-16/h1-9,14H,10-12H2. The van der Waals surface area contributed by atoms with Crippen LogP contribution in [-0.4, -0.2) is 50.1 Å². The van der Waals surface area contributed by atoms with Crippen LogP contribution in [0.4, 0.5) is 0 Å². The zero-order valence-electron chi connectivity index (χ0n) is 13.7. The fraction of sp³-hybridized carbons (Fsp3) is 0.250. The van der Waals surface area contributed by atoms with Crippen LogP contribution < -0.4 is 4.74 Å². The Labute approximate surface area is 150 Å². The van der Waals surface area contributed by atoms with Crippen LogP contribution in [-0.2, 0) is 23.1 Å². The third-order valence-corrected chi connectivity index (χ3v) is 5.81. The first-order chi connectivity index (χ1) is 12.6. The molecule has 134 valence electrons. The van der Waals surface area contributed by atoms with Gasteiger partial charge in [-0.05, 0) is 24.3 Å². The van der Waals surface area contributed by atoms with Crippen LogP contribution >= 0.6 is 0 Å². The van der Waals surface area contributed by atoms with Gasteiger partial charge in [-0.25, -0.2) is 18.4 Å². The molecule has 1 unspecified atom stereocenters. The predicted molar refractivity (Wildman–Crippen MR) is 90.5 cm³/mol. The number of nitrogens with zero attached hydrogens (tertiary/aromatic N) is 6. The Morgan fingerprint density at radius 2 is 1.88 bits per heavy atom. The van der Waals surface area contributed by atoms with Crippen LogP contribution in [0, 0.1) is 0 Å². The molecule has 0 radical (unpaired) electrons. The van der Waals surface area contributed by atoms with E-state index in [4.69, 9.17) is 4.74 Å². The molecule has 26 heavy (non-hydrogen) atoms. The quantitative estimate of drug-likeness (QED) is 0.665. The van der Waals surface area contributed by atoms with Crippen molar-refractivity contribution in [1.82, 2.24) is 29.0 Å². The third-order valence-electron chi connectivity index (χ3n) is 4.01. The summed E-state index contributed by atoms with van der Waals surface area (Å²) < 4.78 is 35.0. The molecule has 0 saturated carbocycles. The number of hydrogen-bond donors (Lipinski definition) is 0. The van der Waals surface area contributed by atoms with E-state index >= 15 is 0 Å². The van der Waals surface area contributed by atoms with Crippen molar-refractivity contribution in [2.45, 2.75) is 24.1 Å². The molecule has 0 amide bonds. The minimum atomic E-state index is -3.72. The van der Waals surface area contributed by atoms with Gasteiger partial charge in [0.15, 0.2) is 0 Å². The van der Waals surface area contributed by atoms with Crippen molar-refractivity contribution in [3.63, 3.8) is 0 Å². The molecule has 0 aliphatic carbocycles. The second-order valence-corrected chi connectivity index (χ2v) is 7.70. The first-order valence-electron chi connectivity index (χ1n) is 7.97. The van der Waals surface area contributed by atoms with Crippen molar-refractivity contribution in [3.8, 4) is 6.01 Å². The number of hydrogen-bond acceptors (Lipinski definition) is 7. The monoisotopic (exact) mass is 372 g/mol. The smallest absolute Gasteiger partial charge is 0.316 e. The van der Waals surface area contributed by atoms with Gasteiger partial charge in [-0.1, -0.05) is 0 Å². The highest BCUT2D eigenvalue weighted by Crippen LogP contribution is 2.22. The van der Waals surface area contributed by atoms with Gasteiger partial charge in [-0.2, -0.15) is 9.40 Å². The van der Waals surface area contributed by atoms with E-state index in [1.165, 1.54) is 22.8 Å². The molecule has 4 rings (SSSR count). The van der Waals surface area contributed by atoms with E-state index < -0.39 is 16.1 Å².